The number of nitrogens with two attached hydrogens (primary N) is 1. The summed E-state index contributed by atoms with van der Waals surface area (Å²) in [5, 5.41) is 4.07. The Balaban J connectivity index is 1.73. The molecule has 3 rings (SSSR count). The molecule has 0 spiro atoms. The van der Waals surface area contributed by atoms with Gasteiger partial charge in [-0.25, -0.2) is 9.97 Å². The summed E-state index contributed by atoms with van der Waals surface area (Å²) in [5.74, 6) is 0.851. The van der Waals surface area contributed by atoms with Crippen molar-refractivity contribution in [2.24, 2.45) is 11.7 Å². The number of hydrogen-bond acceptors (Lipinski definition) is 6. The maximum Gasteiger partial charge on any atom is 0.253 e. The van der Waals surface area contributed by atoms with Crippen molar-refractivity contribution in [3.05, 3.63) is 66.0 Å². The van der Waals surface area contributed by atoms with Crippen molar-refractivity contribution < 1.29 is 9.59 Å². The molecular formula is C26H34N6O2. The first-order chi connectivity index (χ1) is 16.3. The first kappa shape index (κ1) is 25.1. The van der Waals surface area contributed by atoms with Gasteiger partial charge in [0.05, 0.1) is 12.1 Å². The molecule has 0 unspecified atom stereocenters. The first-order valence-electron chi connectivity index (χ1n) is 11.6. The van der Waals surface area contributed by atoms with Gasteiger partial charge in [-0.1, -0.05) is 44.2 Å². The minimum Gasteiger partial charge on any atom is -0.368 e. The van der Waals surface area contributed by atoms with Gasteiger partial charge in [-0.2, -0.15) is 0 Å². The number of rotatable bonds is 11. The standard InChI is InChI=1S/C26H34N6O2/c1-5-32(26(34)19-11-7-6-8-12-19)16-15-31(4)17-22-28-21-14-10-9-13-20(21)25(29-22)30-23(18(2)3)24(27)33/h6-14,18,23H,5,15-17H2,1-4H3,(H2,27,33)(H,28,29,30)/t23-/m0/s1. The molecule has 0 aliphatic heterocycles. The van der Waals surface area contributed by atoms with E-state index in [9.17, 15) is 9.59 Å². The van der Waals surface area contributed by atoms with Crippen LogP contribution in [0.3, 0.4) is 0 Å². The lowest BCUT2D eigenvalue weighted by Gasteiger charge is -2.25. The van der Waals surface area contributed by atoms with Crippen LogP contribution in [0.25, 0.3) is 10.9 Å². The fraction of sp³-hybridized carbons (Fsp3) is 0.385. The maximum absolute atomic E-state index is 12.8. The van der Waals surface area contributed by atoms with E-state index in [-0.39, 0.29) is 11.8 Å². The van der Waals surface area contributed by atoms with Gasteiger partial charge in [-0.05, 0) is 44.2 Å². The molecule has 180 valence electrons. The predicted octanol–water partition coefficient (Wildman–Crippen LogP) is 3.15. The van der Waals surface area contributed by atoms with Crippen molar-refractivity contribution >= 4 is 28.5 Å². The molecule has 3 aromatic rings. The van der Waals surface area contributed by atoms with E-state index in [0.29, 0.717) is 43.4 Å². The molecule has 0 bridgehead atoms. The number of primary amides is 1. The van der Waals surface area contributed by atoms with Gasteiger partial charge in [-0.3, -0.25) is 14.5 Å². The van der Waals surface area contributed by atoms with Crippen LogP contribution >= 0.6 is 0 Å². The van der Waals surface area contributed by atoms with E-state index < -0.39 is 11.9 Å². The molecule has 34 heavy (non-hydrogen) atoms. The third-order valence-corrected chi connectivity index (χ3v) is 5.77. The Bertz CT molecular complexity index is 1120. The van der Waals surface area contributed by atoms with Gasteiger partial charge in [0.2, 0.25) is 5.91 Å². The molecular weight excluding hydrogens is 428 g/mol. The molecule has 2 amide bonds. The van der Waals surface area contributed by atoms with E-state index in [1.54, 1.807) is 0 Å². The minimum absolute atomic E-state index is 0.0135. The van der Waals surface area contributed by atoms with Gasteiger partial charge in [0.25, 0.3) is 5.91 Å². The van der Waals surface area contributed by atoms with Crippen LogP contribution in [0.15, 0.2) is 54.6 Å². The number of amides is 2. The zero-order valence-electron chi connectivity index (χ0n) is 20.4. The first-order valence-corrected chi connectivity index (χ1v) is 11.6. The summed E-state index contributed by atoms with van der Waals surface area (Å²) in [4.78, 5) is 38.1. The Kier molecular flexibility index (Phi) is 8.54. The summed E-state index contributed by atoms with van der Waals surface area (Å²) < 4.78 is 0. The van der Waals surface area contributed by atoms with Crippen LogP contribution in [0, 0.1) is 5.92 Å². The second-order valence-electron chi connectivity index (χ2n) is 8.76. The van der Waals surface area contributed by atoms with Crippen LogP contribution in [-0.2, 0) is 11.3 Å². The van der Waals surface area contributed by atoms with Crippen LogP contribution in [0.4, 0.5) is 5.82 Å². The second-order valence-corrected chi connectivity index (χ2v) is 8.76. The zero-order valence-corrected chi connectivity index (χ0v) is 20.4. The van der Waals surface area contributed by atoms with Crippen molar-refractivity contribution in [3.63, 3.8) is 0 Å². The quantitative estimate of drug-likeness (QED) is 0.454. The highest BCUT2D eigenvalue weighted by Crippen LogP contribution is 2.22. The number of carbonyl (C=O) groups excluding carboxylic acids is 2. The van der Waals surface area contributed by atoms with Crippen LogP contribution < -0.4 is 11.1 Å². The molecule has 0 radical (unpaired) electrons. The molecule has 0 fully saturated rings. The lowest BCUT2D eigenvalue weighted by molar-refractivity contribution is -0.119. The number of para-hydroxylation sites is 1. The number of nitrogens with zero attached hydrogens (tertiary/aromatic N) is 4. The normalized spacial score (nSPS) is 12.2. The molecule has 0 aliphatic rings. The molecule has 1 atom stereocenters. The molecule has 3 N–H and O–H groups in total. The monoisotopic (exact) mass is 462 g/mol. The number of likely N-dealkylation sites (N-methyl/N-ethyl adjacent to an activating group) is 2. The van der Waals surface area contributed by atoms with Crippen LogP contribution in [-0.4, -0.2) is 64.3 Å². The van der Waals surface area contributed by atoms with Gasteiger partial charge in [0.15, 0.2) is 0 Å². The van der Waals surface area contributed by atoms with Gasteiger partial charge >= 0.3 is 0 Å². The number of benzene rings is 2. The van der Waals surface area contributed by atoms with E-state index >= 15 is 0 Å². The minimum atomic E-state index is -0.536. The summed E-state index contributed by atoms with van der Waals surface area (Å²) in [6.45, 7) is 8.26. The lowest BCUT2D eigenvalue weighted by atomic mass is 10.0. The van der Waals surface area contributed by atoms with E-state index in [1.165, 1.54) is 0 Å². The lowest BCUT2D eigenvalue weighted by Crippen LogP contribution is -2.40. The maximum atomic E-state index is 12.8. The predicted molar refractivity (Wildman–Crippen MR) is 135 cm³/mol. The van der Waals surface area contributed by atoms with E-state index in [1.807, 2.05) is 87.3 Å². The average molecular weight is 463 g/mol. The van der Waals surface area contributed by atoms with Crippen molar-refractivity contribution in [1.29, 1.82) is 0 Å². The van der Waals surface area contributed by atoms with E-state index in [0.717, 1.165) is 10.9 Å². The third kappa shape index (κ3) is 6.29. The molecule has 1 aromatic heterocycles. The topological polar surface area (TPSA) is 104 Å². The highest BCUT2D eigenvalue weighted by atomic mass is 16.2. The van der Waals surface area contributed by atoms with Gasteiger partial charge in [0, 0.05) is 30.6 Å². The second kappa shape index (κ2) is 11.6. The molecule has 1 heterocycles. The average Bonchev–Trinajstić information content (AvgIpc) is 2.82. The summed E-state index contributed by atoms with van der Waals surface area (Å²) in [6.07, 6.45) is 0. The fourth-order valence-electron chi connectivity index (χ4n) is 3.80. The van der Waals surface area contributed by atoms with Crippen LogP contribution in [0.5, 0.6) is 0 Å². The number of fused-ring (bicyclic) bond motifs is 1. The molecule has 2 aromatic carbocycles. The van der Waals surface area contributed by atoms with E-state index in [2.05, 4.69) is 10.2 Å². The molecule has 0 aliphatic carbocycles. The number of nitrogens with one attached hydrogen (secondary N) is 1. The Labute approximate surface area is 201 Å². The molecule has 8 heteroatoms. The SMILES string of the molecule is CCN(CCN(C)Cc1nc(N[C@H](C(N)=O)C(C)C)c2ccccc2n1)C(=O)c1ccccc1. The third-order valence-electron chi connectivity index (χ3n) is 5.77. The fourth-order valence-corrected chi connectivity index (χ4v) is 3.80. The summed E-state index contributed by atoms with van der Waals surface area (Å²) >= 11 is 0. The highest BCUT2D eigenvalue weighted by molar-refractivity contribution is 5.94. The Hall–Kier alpha value is -3.52. The summed E-state index contributed by atoms with van der Waals surface area (Å²) in [6, 6.07) is 16.5. The smallest absolute Gasteiger partial charge is 0.253 e. The summed E-state index contributed by atoms with van der Waals surface area (Å²) in [7, 11) is 1.98. The summed E-state index contributed by atoms with van der Waals surface area (Å²) in [5.41, 5.74) is 7.10. The number of hydrogen-bond donors (Lipinski definition) is 2. The van der Waals surface area contributed by atoms with Gasteiger partial charge in [-0.15, -0.1) is 0 Å². The van der Waals surface area contributed by atoms with Crippen molar-refractivity contribution in [1.82, 2.24) is 19.8 Å². The van der Waals surface area contributed by atoms with Crippen LogP contribution in [0.2, 0.25) is 0 Å². The van der Waals surface area contributed by atoms with Crippen molar-refractivity contribution in [2.45, 2.75) is 33.4 Å². The Morgan fingerprint density at radius 3 is 2.32 bits per heavy atom. The van der Waals surface area contributed by atoms with Crippen LogP contribution in [0.1, 0.15) is 37.0 Å². The van der Waals surface area contributed by atoms with Gasteiger partial charge in [0.1, 0.15) is 17.7 Å². The Morgan fingerprint density at radius 2 is 1.68 bits per heavy atom. The zero-order chi connectivity index (χ0) is 24.7. The van der Waals surface area contributed by atoms with E-state index in [4.69, 9.17) is 15.7 Å². The highest BCUT2D eigenvalue weighted by Gasteiger charge is 2.21. The number of aromatic nitrogens is 2. The molecule has 0 saturated carbocycles. The Morgan fingerprint density at radius 1 is 1.00 bits per heavy atom. The largest absolute Gasteiger partial charge is 0.368 e. The molecule has 0 saturated heterocycles. The van der Waals surface area contributed by atoms with Crippen molar-refractivity contribution in [2.75, 3.05) is 32.0 Å². The number of carbonyl (C=O) groups is 2. The van der Waals surface area contributed by atoms with Crippen molar-refractivity contribution in [3.8, 4) is 0 Å². The number of anilines is 1. The van der Waals surface area contributed by atoms with Gasteiger partial charge < -0.3 is 16.0 Å². The molecule has 8 nitrogen and oxygen atoms in total.